The van der Waals surface area contributed by atoms with Crippen LogP contribution in [0, 0.1) is 0 Å². The summed E-state index contributed by atoms with van der Waals surface area (Å²) in [5.41, 5.74) is 0.808. The molecular weight excluding hydrogens is 383 g/mol. The van der Waals surface area contributed by atoms with E-state index >= 15 is 0 Å². The molecule has 0 saturated carbocycles. The van der Waals surface area contributed by atoms with Gasteiger partial charge in [0.2, 0.25) is 17.6 Å². The van der Waals surface area contributed by atoms with Crippen LogP contribution < -0.4 is 10.6 Å². The number of nitrogens with one attached hydrogen (secondary N) is 2. The molecule has 1 aliphatic rings. The SMILES string of the molecule is Cl.O=C(CC1CSCCN1)NCCc1nc(-c2cccc(Cl)c2)no1. The molecule has 1 amide bonds. The molecule has 0 bridgehead atoms. The molecule has 1 fully saturated rings. The van der Waals surface area contributed by atoms with E-state index in [0.29, 0.717) is 36.1 Å². The molecule has 3 rings (SSSR count). The molecule has 0 spiro atoms. The third-order valence-corrected chi connectivity index (χ3v) is 5.01. The summed E-state index contributed by atoms with van der Waals surface area (Å²) in [6.45, 7) is 1.45. The number of thioether (sulfide) groups is 1. The molecular formula is C16H20Cl2N4O2S. The van der Waals surface area contributed by atoms with Crippen molar-refractivity contribution in [2.45, 2.75) is 18.9 Å². The highest BCUT2D eigenvalue weighted by atomic mass is 35.5. The van der Waals surface area contributed by atoms with Gasteiger partial charge in [0.15, 0.2) is 0 Å². The summed E-state index contributed by atoms with van der Waals surface area (Å²) in [5, 5.41) is 10.8. The number of hydrogen-bond acceptors (Lipinski definition) is 6. The molecule has 1 atom stereocenters. The maximum absolute atomic E-state index is 11.9. The summed E-state index contributed by atoms with van der Waals surface area (Å²) in [6.07, 6.45) is 1.01. The van der Waals surface area contributed by atoms with Crippen molar-refractivity contribution in [1.29, 1.82) is 0 Å². The van der Waals surface area contributed by atoms with Crippen LogP contribution in [-0.2, 0) is 11.2 Å². The van der Waals surface area contributed by atoms with Crippen molar-refractivity contribution in [3.63, 3.8) is 0 Å². The van der Waals surface area contributed by atoms with Gasteiger partial charge in [-0.1, -0.05) is 28.9 Å². The third-order valence-electron chi connectivity index (χ3n) is 3.64. The summed E-state index contributed by atoms with van der Waals surface area (Å²) in [5.74, 6) is 3.15. The number of amides is 1. The summed E-state index contributed by atoms with van der Waals surface area (Å²) in [4.78, 5) is 16.3. The number of hydrogen-bond donors (Lipinski definition) is 2. The van der Waals surface area contributed by atoms with Crippen molar-refractivity contribution in [2.75, 3.05) is 24.6 Å². The molecule has 1 saturated heterocycles. The lowest BCUT2D eigenvalue weighted by atomic mass is 10.2. The van der Waals surface area contributed by atoms with Gasteiger partial charge in [-0.25, -0.2) is 0 Å². The first-order valence-electron chi connectivity index (χ1n) is 7.87. The van der Waals surface area contributed by atoms with E-state index in [1.165, 1.54) is 0 Å². The Morgan fingerprint density at radius 2 is 2.36 bits per heavy atom. The number of benzene rings is 1. The van der Waals surface area contributed by atoms with Crippen LogP contribution in [0.5, 0.6) is 0 Å². The third kappa shape index (κ3) is 6.18. The minimum absolute atomic E-state index is 0. The Labute approximate surface area is 161 Å². The lowest BCUT2D eigenvalue weighted by Gasteiger charge is -2.22. The van der Waals surface area contributed by atoms with Gasteiger partial charge < -0.3 is 15.2 Å². The molecule has 2 heterocycles. The highest BCUT2D eigenvalue weighted by Gasteiger charge is 2.16. The summed E-state index contributed by atoms with van der Waals surface area (Å²) >= 11 is 7.84. The van der Waals surface area contributed by atoms with Gasteiger partial charge in [-0.2, -0.15) is 16.7 Å². The van der Waals surface area contributed by atoms with Gasteiger partial charge in [0.1, 0.15) is 0 Å². The van der Waals surface area contributed by atoms with E-state index in [4.69, 9.17) is 16.1 Å². The van der Waals surface area contributed by atoms with Crippen molar-refractivity contribution in [2.24, 2.45) is 0 Å². The van der Waals surface area contributed by atoms with Gasteiger partial charge in [-0.15, -0.1) is 12.4 Å². The summed E-state index contributed by atoms with van der Waals surface area (Å²) in [6, 6.07) is 7.55. The molecule has 2 N–H and O–H groups in total. The second-order valence-electron chi connectivity index (χ2n) is 5.55. The Bertz CT molecular complexity index is 692. The van der Waals surface area contributed by atoms with Crippen molar-refractivity contribution in [1.82, 2.24) is 20.8 Å². The van der Waals surface area contributed by atoms with Gasteiger partial charge >= 0.3 is 0 Å². The van der Waals surface area contributed by atoms with Crippen LogP contribution in [0.4, 0.5) is 0 Å². The van der Waals surface area contributed by atoms with Crippen LogP contribution in [0.1, 0.15) is 12.3 Å². The molecule has 0 aliphatic carbocycles. The zero-order valence-electron chi connectivity index (χ0n) is 13.5. The minimum atomic E-state index is 0. The van der Waals surface area contributed by atoms with Crippen molar-refractivity contribution < 1.29 is 9.32 Å². The summed E-state index contributed by atoms with van der Waals surface area (Å²) < 4.78 is 5.22. The molecule has 25 heavy (non-hydrogen) atoms. The topological polar surface area (TPSA) is 80.0 Å². The number of nitrogens with zero attached hydrogens (tertiary/aromatic N) is 2. The lowest BCUT2D eigenvalue weighted by Crippen LogP contribution is -2.41. The van der Waals surface area contributed by atoms with E-state index in [-0.39, 0.29) is 24.4 Å². The molecule has 136 valence electrons. The Balaban J connectivity index is 0.00000225. The van der Waals surface area contributed by atoms with E-state index in [9.17, 15) is 4.79 Å². The van der Waals surface area contributed by atoms with Crippen LogP contribution in [0.2, 0.25) is 5.02 Å². The monoisotopic (exact) mass is 402 g/mol. The Kier molecular flexibility index (Phi) is 8.02. The highest BCUT2D eigenvalue weighted by molar-refractivity contribution is 7.99. The van der Waals surface area contributed by atoms with Gasteiger partial charge in [0, 0.05) is 54.1 Å². The maximum Gasteiger partial charge on any atom is 0.228 e. The molecule has 2 aromatic rings. The van der Waals surface area contributed by atoms with Gasteiger partial charge in [0.05, 0.1) is 0 Å². The zero-order valence-corrected chi connectivity index (χ0v) is 15.9. The van der Waals surface area contributed by atoms with E-state index in [1.54, 1.807) is 12.1 Å². The van der Waals surface area contributed by atoms with E-state index in [0.717, 1.165) is 23.6 Å². The maximum atomic E-state index is 11.9. The number of halogens is 2. The minimum Gasteiger partial charge on any atom is -0.356 e. The Hall–Kier alpha value is -1.28. The normalized spacial score (nSPS) is 16.9. The van der Waals surface area contributed by atoms with Crippen molar-refractivity contribution >= 4 is 41.7 Å². The lowest BCUT2D eigenvalue weighted by molar-refractivity contribution is -0.121. The van der Waals surface area contributed by atoms with E-state index in [2.05, 4.69) is 20.8 Å². The van der Waals surface area contributed by atoms with Crippen LogP contribution in [-0.4, -0.2) is 46.7 Å². The molecule has 1 aromatic carbocycles. The molecule has 6 nitrogen and oxygen atoms in total. The van der Waals surface area contributed by atoms with E-state index in [1.807, 2.05) is 23.9 Å². The second-order valence-corrected chi connectivity index (χ2v) is 7.14. The highest BCUT2D eigenvalue weighted by Crippen LogP contribution is 2.19. The van der Waals surface area contributed by atoms with Crippen molar-refractivity contribution in [3.05, 3.63) is 35.2 Å². The molecule has 1 aromatic heterocycles. The van der Waals surface area contributed by atoms with Crippen molar-refractivity contribution in [3.8, 4) is 11.4 Å². The number of aromatic nitrogens is 2. The van der Waals surface area contributed by atoms with Crippen LogP contribution >= 0.6 is 35.8 Å². The number of carbonyl (C=O) groups is 1. The fourth-order valence-corrected chi connectivity index (χ4v) is 3.60. The average Bonchev–Trinajstić information content (AvgIpc) is 3.05. The molecule has 0 radical (unpaired) electrons. The first-order chi connectivity index (χ1) is 11.7. The van der Waals surface area contributed by atoms with Crippen LogP contribution in [0.15, 0.2) is 28.8 Å². The Morgan fingerprint density at radius 3 is 3.12 bits per heavy atom. The average molecular weight is 403 g/mol. The van der Waals surface area contributed by atoms with Crippen LogP contribution in [0.3, 0.4) is 0 Å². The fraction of sp³-hybridized carbons (Fsp3) is 0.438. The largest absolute Gasteiger partial charge is 0.356 e. The predicted molar refractivity (Wildman–Crippen MR) is 102 cm³/mol. The molecule has 1 aliphatic heterocycles. The quantitative estimate of drug-likeness (QED) is 0.772. The first kappa shape index (κ1) is 20.0. The predicted octanol–water partition coefficient (Wildman–Crippen LogP) is 2.57. The second kappa shape index (κ2) is 10.0. The van der Waals surface area contributed by atoms with Gasteiger partial charge in [-0.3, -0.25) is 4.79 Å². The fourth-order valence-electron chi connectivity index (χ4n) is 2.46. The first-order valence-corrected chi connectivity index (χ1v) is 9.40. The van der Waals surface area contributed by atoms with Crippen LogP contribution in [0.25, 0.3) is 11.4 Å². The molecule has 9 heteroatoms. The smallest absolute Gasteiger partial charge is 0.228 e. The number of carbonyl (C=O) groups excluding carboxylic acids is 1. The zero-order chi connectivity index (χ0) is 16.8. The molecule has 1 unspecified atom stereocenters. The van der Waals surface area contributed by atoms with Gasteiger partial charge in [0.25, 0.3) is 0 Å². The standard InChI is InChI=1S/C16H19ClN4O2S.ClH/c17-12-3-1-2-11(8-12)16-20-15(23-21-16)4-5-19-14(22)9-13-10-24-7-6-18-13;/h1-3,8,13,18H,4-7,9-10H2,(H,19,22);1H. The Morgan fingerprint density at radius 1 is 1.48 bits per heavy atom. The summed E-state index contributed by atoms with van der Waals surface area (Å²) in [7, 11) is 0. The van der Waals surface area contributed by atoms with E-state index < -0.39 is 0 Å². The van der Waals surface area contributed by atoms with Gasteiger partial charge in [-0.05, 0) is 12.1 Å². The number of rotatable bonds is 6.